The van der Waals surface area contributed by atoms with Crippen molar-refractivity contribution in [3.8, 4) is 22.6 Å². The molecule has 4 aromatic rings. The molecular formula is C27H28IrN3-. The average Bonchev–Trinajstić information content (AvgIpc) is 2.72. The maximum absolute atomic E-state index is 4.93. The number of fused-ring (bicyclic) bond motifs is 1. The van der Waals surface area contributed by atoms with Gasteiger partial charge < -0.3 is 4.98 Å². The standard InChI is InChI=1S/C27H28N3.Ir/c1-26(2,3)23-16-24(27(4,5)6)30-25(29-23)20-13-9-12-19(14-20)22-15-18-10-7-8-11-21(18)17-28-22;/h7-11,13-17H,1-6H3;/q-1;. The van der Waals surface area contributed by atoms with Gasteiger partial charge in [-0.15, -0.1) is 29.8 Å². The van der Waals surface area contributed by atoms with Crippen molar-refractivity contribution in [2.24, 2.45) is 0 Å². The summed E-state index contributed by atoms with van der Waals surface area (Å²) >= 11 is 0. The van der Waals surface area contributed by atoms with Crippen LogP contribution in [0, 0.1) is 6.07 Å². The Labute approximate surface area is 198 Å². The molecule has 2 heterocycles. The Balaban J connectivity index is 0.00000272. The molecule has 161 valence electrons. The van der Waals surface area contributed by atoms with E-state index >= 15 is 0 Å². The van der Waals surface area contributed by atoms with Crippen LogP contribution in [0.15, 0.2) is 60.8 Å². The van der Waals surface area contributed by atoms with Crippen molar-refractivity contribution in [1.29, 1.82) is 0 Å². The fourth-order valence-electron chi connectivity index (χ4n) is 3.33. The van der Waals surface area contributed by atoms with E-state index in [4.69, 9.17) is 9.97 Å². The van der Waals surface area contributed by atoms with E-state index < -0.39 is 0 Å². The van der Waals surface area contributed by atoms with Gasteiger partial charge in [0.05, 0.1) is 11.4 Å². The van der Waals surface area contributed by atoms with Crippen molar-refractivity contribution in [2.45, 2.75) is 52.4 Å². The van der Waals surface area contributed by atoms with Crippen LogP contribution >= 0.6 is 0 Å². The number of nitrogens with zero attached hydrogens (tertiary/aromatic N) is 3. The Bertz CT molecular complexity index is 1180. The molecule has 0 aliphatic heterocycles. The van der Waals surface area contributed by atoms with Gasteiger partial charge >= 0.3 is 0 Å². The van der Waals surface area contributed by atoms with Crippen LogP contribution in [0.5, 0.6) is 0 Å². The third kappa shape index (κ3) is 5.08. The summed E-state index contributed by atoms with van der Waals surface area (Å²) in [4.78, 5) is 14.5. The van der Waals surface area contributed by atoms with Gasteiger partial charge in [-0.25, -0.2) is 9.97 Å². The molecule has 1 radical (unpaired) electrons. The van der Waals surface area contributed by atoms with Crippen molar-refractivity contribution in [2.75, 3.05) is 0 Å². The number of benzene rings is 2. The minimum absolute atomic E-state index is 0. The molecule has 0 N–H and O–H groups in total. The summed E-state index contributed by atoms with van der Waals surface area (Å²) in [5.74, 6) is 0.753. The van der Waals surface area contributed by atoms with Crippen LogP contribution in [0.4, 0.5) is 0 Å². The van der Waals surface area contributed by atoms with E-state index in [-0.39, 0.29) is 30.9 Å². The van der Waals surface area contributed by atoms with Gasteiger partial charge in [-0.3, -0.25) is 0 Å². The molecule has 0 aliphatic carbocycles. The number of hydrogen-bond acceptors (Lipinski definition) is 3. The van der Waals surface area contributed by atoms with Crippen LogP contribution in [0.2, 0.25) is 0 Å². The molecule has 2 aromatic carbocycles. The zero-order chi connectivity index (χ0) is 21.5. The second-order valence-corrected chi connectivity index (χ2v) is 9.87. The Kier molecular flexibility index (Phi) is 6.45. The van der Waals surface area contributed by atoms with Gasteiger partial charge in [-0.1, -0.05) is 77.4 Å². The first-order valence-electron chi connectivity index (χ1n) is 10.4. The molecule has 4 rings (SSSR count). The number of rotatable bonds is 2. The van der Waals surface area contributed by atoms with Gasteiger partial charge in [0.25, 0.3) is 0 Å². The normalized spacial score (nSPS) is 11.9. The SMILES string of the molecule is CC(C)(C)c1cc(C(C)(C)C)nc(-c2cc[c-]c(-c3cc4ccccc4cn3)c2)n1.[Ir]. The fourth-order valence-corrected chi connectivity index (χ4v) is 3.33. The maximum Gasteiger partial charge on any atom is 0.141 e. The molecule has 0 fully saturated rings. The largest absolute Gasteiger partial charge is 0.304 e. The summed E-state index contributed by atoms with van der Waals surface area (Å²) in [6, 6.07) is 21.9. The van der Waals surface area contributed by atoms with Crippen molar-refractivity contribution in [3.63, 3.8) is 0 Å². The molecule has 0 atom stereocenters. The van der Waals surface area contributed by atoms with E-state index in [9.17, 15) is 0 Å². The third-order valence-corrected chi connectivity index (χ3v) is 5.23. The molecule has 0 bridgehead atoms. The van der Waals surface area contributed by atoms with Gasteiger partial charge in [0.1, 0.15) is 5.82 Å². The molecule has 31 heavy (non-hydrogen) atoms. The topological polar surface area (TPSA) is 38.7 Å². The van der Waals surface area contributed by atoms with Crippen molar-refractivity contribution in [1.82, 2.24) is 15.0 Å². The number of pyridine rings is 1. The Morgan fingerprint density at radius 3 is 1.97 bits per heavy atom. The van der Waals surface area contributed by atoms with Crippen LogP contribution in [-0.2, 0) is 30.9 Å². The molecule has 0 saturated carbocycles. The van der Waals surface area contributed by atoms with Gasteiger partial charge in [0.2, 0.25) is 0 Å². The molecular weight excluding hydrogens is 559 g/mol. The molecule has 0 amide bonds. The molecule has 0 saturated heterocycles. The van der Waals surface area contributed by atoms with Gasteiger partial charge in [0, 0.05) is 37.1 Å². The minimum Gasteiger partial charge on any atom is -0.304 e. The van der Waals surface area contributed by atoms with Gasteiger partial charge in [0.15, 0.2) is 0 Å². The van der Waals surface area contributed by atoms with Crippen molar-refractivity contribution < 1.29 is 20.1 Å². The van der Waals surface area contributed by atoms with E-state index in [1.807, 2.05) is 30.5 Å². The second-order valence-electron chi connectivity index (χ2n) is 9.87. The van der Waals surface area contributed by atoms with Crippen molar-refractivity contribution >= 4 is 10.8 Å². The Morgan fingerprint density at radius 2 is 1.35 bits per heavy atom. The van der Waals surface area contributed by atoms with Crippen molar-refractivity contribution in [3.05, 3.63) is 78.2 Å². The smallest absolute Gasteiger partial charge is 0.141 e. The first kappa shape index (κ1) is 23.2. The minimum atomic E-state index is -0.0542. The molecule has 3 nitrogen and oxygen atoms in total. The fraction of sp³-hybridized carbons (Fsp3) is 0.296. The summed E-state index contributed by atoms with van der Waals surface area (Å²) < 4.78 is 0. The maximum atomic E-state index is 4.93. The first-order chi connectivity index (χ1) is 14.1. The molecule has 4 heteroatoms. The molecule has 0 aliphatic rings. The first-order valence-corrected chi connectivity index (χ1v) is 10.4. The summed E-state index contributed by atoms with van der Waals surface area (Å²) in [7, 11) is 0. The van der Waals surface area contributed by atoms with E-state index in [0.717, 1.165) is 39.4 Å². The van der Waals surface area contributed by atoms with E-state index in [1.54, 1.807) is 0 Å². The van der Waals surface area contributed by atoms with E-state index in [2.05, 4.69) is 82.9 Å². The van der Waals surface area contributed by atoms with Crippen LogP contribution < -0.4 is 0 Å². The van der Waals surface area contributed by atoms with E-state index in [0.29, 0.717) is 0 Å². The predicted molar refractivity (Wildman–Crippen MR) is 124 cm³/mol. The Hall–Kier alpha value is -2.42. The van der Waals surface area contributed by atoms with Crippen LogP contribution in [0.25, 0.3) is 33.4 Å². The average molecular weight is 587 g/mol. The Morgan fingerprint density at radius 1 is 0.742 bits per heavy atom. The monoisotopic (exact) mass is 587 g/mol. The summed E-state index contributed by atoms with van der Waals surface area (Å²) in [6.07, 6.45) is 1.92. The summed E-state index contributed by atoms with van der Waals surface area (Å²) in [6.45, 7) is 13.1. The molecule has 0 spiro atoms. The number of aromatic nitrogens is 3. The van der Waals surface area contributed by atoms with Crippen LogP contribution in [-0.4, -0.2) is 15.0 Å². The zero-order valence-corrected chi connectivity index (χ0v) is 21.3. The zero-order valence-electron chi connectivity index (χ0n) is 18.9. The summed E-state index contributed by atoms with van der Waals surface area (Å²) in [5.41, 5.74) is 4.82. The van der Waals surface area contributed by atoms with E-state index in [1.165, 1.54) is 5.39 Å². The third-order valence-electron chi connectivity index (χ3n) is 5.23. The van der Waals surface area contributed by atoms with Gasteiger partial charge in [-0.05, 0) is 22.5 Å². The predicted octanol–water partition coefficient (Wildman–Crippen LogP) is 6.75. The molecule has 2 aromatic heterocycles. The van der Waals surface area contributed by atoms with Crippen LogP contribution in [0.1, 0.15) is 52.9 Å². The van der Waals surface area contributed by atoms with Crippen LogP contribution in [0.3, 0.4) is 0 Å². The molecule has 0 unspecified atom stereocenters. The second kappa shape index (κ2) is 8.61. The van der Waals surface area contributed by atoms with Gasteiger partial charge in [-0.2, -0.15) is 0 Å². The summed E-state index contributed by atoms with van der Waals surface area (Å²) in [5, 5.41) is 2.30. The number of hydrogen-bond donors (Lipinski definition) is 0. The quantitative estimate of drug-likeness (QED) is 0.244.